The average molecular weight is 469 g/mol. The molecular formula is C24H28N4O6. The number of carbonyl (C=O) groups is 3. The molecule has 0 radical (unpaired) electrons. The Morgan fingerprint density at radius 3 is 2.18 bits per heavy atom. The van der Waals surface area contributed by atoms with Crippen molar-refractivity contribution in [1.29, 1.82) is 0 Å². The molecule has 0 aliphatic carbocycles. The van der Waals surface area contributed by atoms with Gasteiger partial charge >= 0.3 is 5.97 Å². The number of hydrogen-bond acceptors (Lipinski definition) is 7. The first kappa shape index (κ1) is 24.7. The molecule has 3 rings (SSSR count). The fraction of sp³-hybridized carbons (Fsp3) is 0.375. The van der Waals surface area contributed by atoms with Gasteiger partial charge in [0, 0.05) is 37.5 Å². The topological polar surface area (TPSA) is 131 Å². The summed E-state index contributed by atoms with van der Waals surface area (Å²) in [5, 5.41) is 16.9. The maximum atomic E-state index is 12.4. The Labute approximate surface area is 197 Å². The first-order valence-corrected chi connectivity index (χ1v) is 11.0. The third-order valence-corrected chi connectivity index (χ3v) is 5.44. The summed E-state index contributed by atoms with van der Waals surface area (Å²) in [6, 6.07) is 10.7. The van der Waals surface area contributed by atoms with E-state index in [2.05, 4.69) is 24.5 Å². The van der Waals surface area contributed by atoms with Crippen LogP contribution in [0.2, 0.25) is 0 Å². The number of rotatable bonds is 7. The highest BCUT2D eigenvalue weighted by atomic mass is 16.6. The summed E-state index contributed by atoms with van der Waals surface area (Å²) < 4.78 is 5.05. The van der Waals surface area contributed by atoms with E-state index in [1.807, 2.05) is 4.90 Å². The molecule has 0 spiro atoms. The molecule has 1 heterocycles. The van der Waals surface area contributed by atoms with Crippen LogP contribution in [0.15, 0.2) is 42.5 Å². The SMILES string of the molecule is CC(=O)Nc1ccc(NC(=O)COC(=O)c2ccc(N3CC(C)CC(C)C3)c([N+](=O)[O-])c2)cc1. The number of benzene rings is 2. The molecule has 1 fully saturated rings. The number of nitrogens with zero attached hydrogens (tertiary/aromatic N) is 2. The van der Waals surface area contributed by atoms with E-state index >= 15 is 0 Å². The zero-order chi connectivity index (χ0) is 24.8. The molecule has 2 amide bonds. The normalized spacial score (nSPS) is 17.6. The van der Waals surface area contributed by atoms with Gasteiger partial charge < -0.3 is 20.3 Å². The number of esters is 1. The summed E-state index contributed by atoms with van der Waals surface area (Å²) in [7, 11) is 0. The van der Waals surface area contributed by atoms with Crippen LogP contribution in [-0.4, -0.2) is 42.4 Å². The van der Waals surface area contributed by atoms with E-state index in [0.29, 0.717) is 42.0 Å². The molecule has 180 valence electrons. The summed E-state index contributed by atoms with van der Waals surface area (Å²) in [5.41, 5.74) is 1.34. The molecule has 2 unspecified atom stereocenters. The number of nitro benzene ring substituents is 1. The Bertz CT molecular complexity index is 1080. The highest BCUT2D eigenvalue weighted by molar-refractivity contribution is 5.96. The van der Waals surface area contributed by atoms with Gasteiger partial charge in [0.1, 0.15) is 5.69 Å². The summed E-state index contributed by atoms with van der Waals surface area (Å²) in [6.07, 6.45) is 1.07. The van der Waals surface area contributed by atoms with Gasteiger partial charge in [-0.05, 0) is 54.7 Å². The highest BCUT2D eigenvalue weighted by Crippen LogP contribution is 2.34. The number of anilines is 3. The van der Waals surface area contributed by atoms with Crippen molar-refractivity contribution >= 4 is 40.5 Å². The van der Waals surface area contributed by atoms with Gasteiger partial charge in [0.05, 0.1) is 10.5 Å². The molecule has 10 nitrogen and oxygen atoms in total. The van der Waals surface area contributed by atoms with Crippen molar-refractivity contribution in [3.63, 3.8) is 0 Å². The monoisotopic (exact) mass is 468 g/mol. The van der Waals surface area contributed by atoms with Gasteiger partial charge in [-0.1, -0.05) is 13.8 Å². The molecule has 2 atom stereocenters. The number of carbonyl (C=O) groups excluding carboxylic acids is 3. The molecule has 2 aromatic rings. The van der Waals surface area contributed by atoms with Crippen molar-refractivity contribution in [3.8, 4) is 0 Å². The minimum Gasteiger partial charge on any atom is -0.452 e. The fourth-order valence-electron chi connectivity index (χ4n) is 4.18. The predicted octanol–water partition coefficient (Wildman–Crippen LogP) is 3.83. The minimum absolute atomic E-state index is 0.000941. The lowest BCUT2D eigenvalue weighted by Gasteiger charge is -2.36. The molecular weight excluding hydrogens is 440 g/mol. The maximum absolute atomic E-state index is 12.4. The quantitative estimate of drug-likeness (QED) is 0.359. The molecule has 0 saturated carbocycles. The molecule has 2 N–H and O–H groups in total. The second-order valence-corrected chi connectivity index (χ2v) is 8.69. The third kappa shape index (κ3) is 6.53. The largest absolute Gasteiger partial charge is 0.452 e. The van der Waals surface area contributed by atoms with Crippen LogP contribution in [0.4, 0.5) is 22.7 Å². The molecule has 1 aliphatic heterocycles. The first-order valence-electron chi connectivity index (χ1n) is 11.0. The van der Waals surface area contributed by atoms with E-state index in [9.17, 15) is 24.5 Å². The van der Waals surface area contributed by atoms with Gasteiger partial charge in [-0.25, -0.2) is 4.79 Å². The molecule has 0 aromatic heterocycles. The second kappa shape index (κ2) is 10.8. The molecule has 34 heavy (non-hydrogen) atoms. The number of nitro groups is 1. The maximum Gasteiger partial charge on any atom is 0.338 e. The van der Waals surface area contributed by atoms with Crippen LogP contribution >= 0.6 is 0 Å². The van der Waals surface area contributed by atoms with E-state index in [-0.39, 0.29) is 17.2 Å². The number of ether oxygens (including phenoxy) is 1. The zero-order valence-electron chi connectivity index (χ0n) is 19.4. The van der Waals surface area contributed by atoms with Gasteiger partial charge in [-0.15, -0.1) is 0 Å². The first-order chi connectivity index (χ1) is 16.1. The Morgan fingerprint density at radius 2 is 1.62 bits per heavy atom. The molecule has 10 heteroatoms. The van der Waals surface area contributed by atoms with E-state index in [0.717, 1.165) is 6.42 Å². The van der Waals surface area contributed by atoms with Crippen LogP contribution in [0.25, 0.3) is 0 Å². The van der Waals surface area contributed by atoms with Crippen molar-refractivity contribution in [1.82, 2.24) is 0 Å². The summed E-state index contributed by atoms with van der Waals surface area (Å²) >= 11 is 0. The van der Waals surface area contributed by atoms with E-state index in [1.165, 1.54) is 19.1 Å². The Kier molecular flexibility index (Phi) is 7.83. The Balaban J connectivity index is 1.62. The zero-order valence-corrected chi connectivity index (χ0v) is 19.4. The van der Waals surface area contributed by atoms with Crippen LogP contribution in [0.5, 0.6) is 0 Å². The van der Waals surface area contributed by atoms with Gasteiger partial charge in [-0.2, -0.15) is 0 Å². The van der Waals surface area contributed by atoms with Crippen LogP contribution in [-0.2, 0) is 14.3 Å². The van der Waals surface area contributed by atoms with Gasteiger partial charge in [0.15, 0.2) is 6.61 Å². The Hall–Kier alpha value is -3.95. The van der Waals surface area contributed by atoms with Crippen LogP contribution in [0, 0.1) is 22.0 Å². The number of hydrogen-bond donors (Lipinski definition) is 2. The van der Waals surface area contributed by atoms with Crippen molar-refractivity contribution in [3.05, 3.63) is 58.1 Å². The fourth-order valence-corrected chi connectivity index (χ4v) is 4.18. The van der Waals surface area contributed by atoms with Crippen molar-refractivity contribution in [2.75, 3.05) is 35.2 Å². The van der Waals surface area contributed by atoms with Crippen molar-refractivity contribution in [2.24, 2.45) is 11.8 Å². The number of amides is 2. The van der Waals surface area contributed by atoms with E-state index in [1.54, 1.807) is 30.3 Å². The standard InChI is InChI=1S/C24H28N4O6/c1-15-10-16(2)13-27(12-15)21-9-4-18(11-22(21)28(32)33)24(31)34-14-23(30)26-20-7-5-19(6-8-20)25-17(3)29/h4-9,11,15-16H,10,12-14H2,1-3H3,(H,25,29)(H,26,30). The molecule has 2 aromatic carbocycles. The predicted molar refractivity (Wildman–Crippen MR) is 128 cm³/mol. The van der Waals surface area contributed by atoms with E-state index < -0.39 is 23.4 Å². The smallest absolute Gasteiger partial charge is 0.338 e. The third-order valence-electron chi connectivity index (χ3n) is 5.44. The molecule has 0 bridgehead atoms. The van der Waals surface area contributed by atoms with Crippen LogP contribution < -0.4 is 15.5 Å². The lowest BCUT2D eigenvalue weighted by atomic mass is 9.91. The lowest BCUT2D eigenvalue weighted by Crippen LogP contribution is -2.39. The summed E-state index contributed by atoms with van der Waals surface area (Å²) in [5.74, 6) is -0.785. The average Bonchev–Trinajstić information content (AvgIpc) is 2.77. The summed E-state index contributed by atoms with van der Waals surface area (Å²) in [6.45, 7) is 6.48. The second-order valence-electron chi connectivity index (χ2n) is 8.69. The van der Waals surface area contributed by atoms with Crippen molar-refractivity contribution in [2.45, 2.75) is 27.2 Å². The van der Waals surface area contributed by atoms with Crippen LogP contribution in [0.1, 0.15) is 37.6 Å². The van der Waals surface area contributed by atoms with Gasteiger partial charge in [0.25, 0.3) is 11.6 Å². The number of piperidine rings is 1. The lowest BCUT2D eigenvalue weighted by molar-refractivity contribution is -0.384. The number of nitrogens with one attached hydrogen (secondary N) is 2. The van der Waals surface area contributed by atoms with Crippen LogP contribution in [0.3, 0.4) is 0 Å². The molecule has 1 saturated heterocycles. The van der Waals surface area contributed by atoms with Gasteiger partial charge in [0.2, 0.25) is 5.91 Å². The van der Waals surface area contributed by atoms with Gasteiger partial charge in [-0.3, -0.25) is 19.7 Å². The van der Waals surface area contributed by atoms with Crippen molar-refractivity contribution < 1.29 is 24.0 Å². The highest BCUT2D eigenvalue weighted by Gasteiger charge is 2.28. The Morgan fingerprint density at radius 1 is 1.03 bits per heavy atom. The minimum atomic E-state index is -0.828. The molecule has 1 aliphatic rings. The summed E-state index contributed by atoms with van der Waals surface area (Å²) in [4.78, 5) is 48.8. The van der Waals surface area contributed by atoms with E-state index in [4.69, 9.17) is 4.74 Å².